The van der Waals surface area contributed by atoms with Crippen LogP contribution in [0.1, 0.15) is 13.8 Å². The Hall–Kier alpha value is -0.130. The van der Waals surface area contributed by atoms with E-state index >= 15 is 0 Å². The smallest absolute Gasteiger partial charge is 0.235 e. The summed E-state index contributed by atoms with van der Waals surface area (Å²) in [5.41, 5.74) is 0. The maximum atomic E-state index is 11.2. The Morgan fingerprint density at radius 3 is 2.18 bits per heavy atom. The van der Waals surface area contributed by atoms with Gasteiger partial charge >= 0.3 is 0 Å². The molecule has 0 atom stereocenters. The second kappa shape index (κ2) is 4.04. The van der Waals surface area contributed by atoms with Crippen molar-refractivity contribution in [2.45, 2.75) is 13.8 Å². The zero-order chi connectivity index (χ0) is 9.07. The molecule has 0 radical (unpaired) electrons. The van der Waals surface area contributed by atoms with Crippen molar-refractivity contribution in [1.82, 2.24) is 4.47 Å². The van der Waals surface area contributed by atoms with Crippen molar-refractivity contribution in [2.24, 2.45) is 5.92 Å². The lowest BCUT2D eigenvalue weighted by atomic mass is 10.3. The van der Waals surface area contributed by atoms with E-state index in [1.807, 2.05) is 13.8 Å². The van der Waals surface area contributed by atoms with Crippen LogP contribution in [0.15, 0.2) is 0 Å². The molecular weight excluding hydrogens is 166 g/mol. The average Bonchev–Trinajstić information content (AvgIpc) is 1.83. The number of sulfonamides is 1. The first-order valence-corrected chi connectivity index (χ1v) is 5.01. The molecule has 0 amide bonds. The maximum absolute atomic E-state index is 11.2. The molecule has 5 heteroatoms. The lowest BCUT2D eigenvalue weighted by Gasteiger charge is -2.14. The van der Waals surface area contributed by atoms with E-state index in [1.54, 1.807) is 0 Å². The highest BCUT2D eigenvalue weighted by Crippen LogP contribution is 2.03. The second-order valence-electron chi connectivity index (χ2n) is 2.76. The van der Waals surface area contributed by atoms with Gasteiger partial charge in [0.15, 0.2) is 0 Å². The van der Waals surface area contributed by atoms with Gasteiger partial charge in [-0.3, -0.25) is 4.84 Å². The number of hydrogen-bond donors (Lipinski definition) is 0. The van der Waals surface area contributed by atoms with Crippen LogP contribution in [0, 0.1) is 5.92 Å². The van der Waals surface area contributed by atoms with E-state index in [0.29, 0.717) is 0 Å². The molecule has 0 fully saturated rings. The number of hydrogen-bond acceptors (Lipinski definition) is 3. The summed E-state index contributed by atoms with van der Waals surface area (Å²) in [5, 5.41) is 0. The summed E-state index contributed by atoms with van der Waals surface area (Å²) in [6, 6.07) is 0. The highest BCUT2D eigenvalue weighted by molar-refractivity contribution is 7.88. The van der Waals surface area contributed by atoms with Gasteiger partial charge in [-0.2, -0.15) is 0 Å². The van der Waals surface area contributed by atoms with Crippen LogP contribution < -0.4 is 0 Å². The summed E-state index contributed by atoms with van der Waals surface area (Å²) in [6.07, 6.45) is 0. The summed E-state index contributed by atoms with van der Waals surface area (Å²) in [6.45, 7) is 3.70. The van der Waals surface area contributed by atoms with Crippen LogP contribution in [0.25, 0.3) is 0 Å². The fraction of sp³-hybridized carbons (Fsp3) is 1.00. The maximum Gasteiger partial charge on any atom is 0.235 e. The molecule has 0 spiro atoms. The van der Waals surface area contributed by atoms with E-state index in [0.717, 1.165) is 4.47 Å². The highest BCUT2D eigenvalue weighted by Gasteiger charge is 2.18. The molecule has 0 saturated heterocycles. The predicted molar refractivity (Wildman–Crippen MR) is 43.4 cm³/mol. The van der Waals surface area contributed by atoms with Crippen LogP contribution in [0.5, 0.6) is 0 Å². The van der Waals surface area contributed by atoms with Crippen LogP contribution in [0.4, 0.5) is 0 Å². The minimum absolute atomic E-state index is 0.122. The molecule has 0 N–H and O–H groups in total. The van der Waals surface area contributed by atoms with Crippen LogP contribution in [0.3, 0.4) is 0 Å². The van der Waals surface area contributed by atoms with Crippen molar-refractivity contribution in [2.75, 3.05) is 19.9 Å². The monoisotopic (exact) mass is 181 g/mol. The normalized spacial score (nSPS) is 12.9. The van der Waals surface area contributed by atoms with Crippen LogP contribution in [-0.2, 0) is 14.9 Å². The van der Waals surface area contributed by atoms with Gasteiger partial charge in [0.05, 0.1) is 12.9 Å². The van der Waals surface area contributed by atoms with Gasteiger partial charge in [-0.05, 0) is 5.92 Å². The first kappa shape index (κ1) is 10.9. The molecule has 0 bridgehead atoms. The fourth-order valence-corrected chi connectivity index (χ4v) is 1.92. The lowest BCUT2D eigenvalue weighted by Crippen LogP contribution is -2.29. The molecule has 68 valence electrons. The van der Waals surface area contributed by atoms with Gasteiger partial charge in [0.2, 0.25) is 10.0 Å². The van der Waals surface area contributed by atoms with Crippen molar-refractivity contribution in [3.63, 3.8) is 0 Å². The number of nitrogens with zero attached hydrogens (tertiary/aromatic N) is 1. The molecule has 0 aromatic rings. The van der Waals surface area contributed by atoms with E-state index < -0.39 is 10.0 Å². The molecule has 4 nitrogen and oxygen atoms in total. The Bertz CT molecular complexity index is 198. The minimum Gasteiger partial charge on any atom is -0.288 e. The van der Waals surface area contributed by atoms with E-state index in [1.165, 1.54) is 14.2 Å². The topological polar surface area (TPSA) is 46.6 Å². The van der Waals surface area contributed by atoms with E-state index in [9.17, 15) is 8.42 Å². The Kier molecular flexibility index (Phi) is 3.99. The number of rotatable bonds is 4. The number of hydroxylamine groups is 1. The zero-order valence-electron chi connectivity index (χ0n) is 7.36. The molecule has 0 heterocycles. The van der Waals surface area contributed by atoms with Crippen molar-refractivity contribution in [3.05, 3.63) is 0 Å². The summed E-state index contributed by atoms with van der Waals surface area (Å²) in [5.74, 6) is 0.245. The summed E-state index contributed by atoms with van der Waals surface area (Å²) >= 11 is 0. The Labute approximate surface area is 68.2 Å². The first-order chi connectivity index (χ1) is 4.90. The Morgan fingerprint density at radius 1 is 1.45 bits per heavy atom. The third-order valence-corrected chi connectivity index (χ3v) is 3.21. The van der Waals surface area contributed by atoms with Crippen molar-refractivity contribution < 1.29 is 13.3 Å². The van der Waals surface area contributed by atoms with Gasteiger partial charge in [-0.1, -0.05) is 18.3 Å². The molecule has 0 rings (SSSR count). The van der Waals surface area contributed by atoms with Gasteiger partial charge < -0.3 is 0 Å². The molecule has 11 heavy (non-hydrogen) atoms. The third kappa shape index (κ3) is 3.69. The van der Waals surface area contributed by atoms with Gasteiger partial charge in [-0.25, -0.2) is 8.42 Å². The molecule has 0 unspecified atom stereocenters. The van der Waals surface area contributed by atoms with Gasteiger partial charge in [0.1, 0.15) is 0 Å². The zero-order valence-corrected chi connectivity index (χ0v) is 8.18. The molecular formula is C6H15NO3S. The predicted octanol–water partition coefficient (Wildman–Crippen LogP) is 0.465. The minimum atomic E-state index is -3.20. The Morgan fingerprint density at radius 2 is 1.91 bits per heavy atom. The molecule has 0 aromatic heterocycles. The largest absolute Gasteiger partial charge is 0.288 e. The first-order valence-electron chi connectivity index (χ1n) is 3.41. The standard InChI is InChI=1S/C6H15NO3S/c1-6(2)5-11(8,9)7(3)10-4/h6H,5H2,1-4H3. The van der Waals surface area contributed by atoms with Gasteiger partial charge in [0.25, 0.3) is 0 Å². The lowest BCUT2D eigenvalue weighted by molar-refractivity contribution is -0.0260. The van der Waals surface area contributed by atoms with Crippen molar-refractivity contribution in [3.8, 4) is 0 Å². The van der Waals surface area contributed by atoms with E-state index in [4.69, 9.17) is 0 Å². The molecule has 0 aliphatic heterocycles. The molecule has 0 aliphatic rings. The third-order valence-electron chi connectivity index (χ3n) is 1.19. The highest BCUT2D eigenvalue weighted by atomic mass is 32.2. The average molecular weight is 181 g/mol. The molecule has 0 aromatic carbocycles. The SMILES string of the molecule is CON(C)S(=O)(=O)CC(C)C. The van der Waals surface area contributed by atoms with Crippen LogP contribution in [-0.4, -0.2) is 32.8 Å². The molecule has 0 saturated carbocycles. The second-order valence-corrected chi connectivity index (χ2v) is 4.78. The van der Waals surface area contributed by atoms with Gasteiger partial charge in [-0.15, -0.1) is 0 Å². The van der Waals surface area contributed by atoms with Crippen LogP contribution in [0.2, 0.25) is 0 Å². The fourth-order valence-electron chi connectivity index (χ4n) is 0.640. The van der Waals surface area contributed by atoms with Crippen molar-refractivity contribution in [1.29, 1.82) is 0 Å². The van der Waals surface area contributed by atoms with Crippen LogP contribution >= 0.6 is 0 Å². The van der Waals surface area contributed by atoms with Gasteiger partial charge in [0, 0.05) is 7.05 Å². The summed E-state index contributed by atoms with van der Waals surface area (Å²) < 4.78 is 23.2. The molecule has 0 aliphatic carbocycles. The summed E-state index contributed by atoms with van der Waals surface area (Å²) in [7, 11) is -0.481. The van der Waals surface area contributed by atoms with E-state index in [-0.39, 0.29) is 11.7 Å². The summed E-state index contributed by atoms with van der Waals surface area (Å²) in [4.78, 5) is 4.56. The Balaban J connectivity index is 4.23. The van der Waals surface area contributed by atoms with E-state index in [2.05, 4.69) is 4.84 Å². The van der Waals surface area contributed by atoms with Crippen molar-refractivity contribution >= 4 is 10.0 Å². The quantitative estimate of drug-likeness (QED) is 0.592.